The molecule has 150 valence electrons. The number of methoxy groups -OCH3 is 4. The predicted molar refractivity (Wildman–Crippen MR) is 111 cm³/mol. The third-order valence-corrected chi connectivity index (χ3v) is 4.97. The monoisotopic (exact) mass is 444 g/mol. The van der Waals surface area contributed by atoms with Crippen LogP contribution in [0.25, 0.3) is 11.8 Å². The van der Waals surface area contributed by atoms with Gasteiger partial charge in [-0.2, -0.15) is 0 Å². The Morgan fingerprint density at radius 1 is 0.821 bits per heavy atom. The number of hydrogen-bond acceptors (Lipinski definition) is 5. The van der Waals surface area contributed by atoms with E-state index in [-0.39, 0.29) is 0 Å². The van der Waals surface area contributed by atoms with Crippen molar-refractivity contribution in [1.82, 2.24) is 0 Å². The summed E-state index contributed by atoms with van der Waals surface area (Å²) in [5.74, 6) is 2.79. The van der Waals surface area contributed by atoms with E-state index in [0.717, 1.165) is 5.56 Å². The number of fused-ring (bicyclic) bond motifs is 1. The molecule has 0 fully saturated rings. The molecule has 0 aromatic heterocycles. The Morgan fingerprint density at radius 2 is 1.46 bits per heavy atom. The van der Waals surface area contributed by atoms with Gasteiger partial charge in [0.25, 0.3) is 0 Å². The average molecular weight is 446 g/mol. The normalized spacial score (nSPS) is 15.8. The molecule has 1 heterocycles. The first-order valence-corrected chi connectivity index (χ1v) is 9.39. The summed E-state index contributed by atoms with van der Waals surface area (Å²) >= 11 is 18.7. The maximum Gasteiger partial charge on any atom is 0.231 e. The highest BCUT2D eigenvalue weighted by Crippen LogP contribution is 2.51. The second kappa shape index (κ2) is 8.19. The van der Waals surface area contributed by atoms with Crippen molar-refractivity contribution in [2.75, 3.05) is 28.4 Å². The molecular weight excluding hydrogens is 427 g/mol. The molecular formula is C20H19Cl3O5. The van der Waals surface area contributed by atoms with E-state index in [9.17, 15) is 0 Å². The average Bonchev–Trinajstić information content (AvgIpc) is 2.70. The standard InChI is InChI=1S/C20H19Cl3O5/c1-24-12-5-6-13(15(9-12)25-2)16-7-11-8-17(26-3)18(27-4)10-14(11)19(28-16)20(21,22)23/h5-10,19H,1-4H3. The summed E-state index contributed by atoms with van der Waals surface area (Å²) in [5.41, 5.74) is 2.16. The lowest BCUT2D eigenvalue weighted by Gasteiger charge is -2.32. The molecule has 0 spiro atoms. The fourth-order valence-electron chi connectivity index (χ4n) is 3.01. The van der Waals surface area contributed by atoms with Crippen molar-refractivity contribution in [2.24, 2.45) is 0 Å². The first kappa shape index (κ1) is 20.8. The van der Waals surface area contributed by atoms with E-state index in [0.29, 0.717) is 39.9 Å². The van der Waals surface area contributed by atoms with Gasteiger partial charge in [-0.1, -0.05) is 34.8 Å². The summed E-state index contributed by atoms with van der Waals surface area (Å²) in [6.07, 6.45) is 0.980. The highest BCUT2D eigenvalue weighted by atomic mass is 35.6. The minimum atomic E-state index is -1.71. The molecule has 0 radical (unpaired) electrons. The second-order valence-electron chi connectivity index (χ2n) is 5.95. The molecule has 1 aliphatic rings. The molecule has 1 aliphatic heterocycles. The summed E-state index contributed by atoms with van der Waals surface area (Å²) < 4.78 is 25.9. The van der Waals surface area contributed by atoms with Crippen LogP contribution in [0.3, 0.4) is 0 Å². The Bertz CT molecular complexity index is 905. The fourth-order valence-corrected chi connectivity index (χ4v) is 3.50. The molecule has 3 rings (SSSR count). The Morgan fingerprint density at radius 3 is 2.04 bits per heavy atom. The van der Waals surface area contributed by atoms with Crippen LogP contribution in [0.2, 0.25) is 0 Å². The van der Waals surface area contributed by atoms with E-state index >= 15 is 0 Å². The Kier molecular flexibility index (Phi) is 6.08. The van der Waals surface area contributed by atoms with E-state index in [1.165, 1.54) is 0 Å². The van der Waals surface area contributed by atoms with Crippen LogP contribution in [0, 0.1) is 0 Å². The first-order chi connectivity index (χ1) is 13.3. The van der Waals surface area contributed by atoms with E-state index in [2.05, 4.69) is 0 Å². The van der Waals surface area contributed by atoms with Gasteiger partial charge in [-0.05, 0) is 35.9 Å². The summed E-state index contributed by atoms with van der Waals surface area (Å²) in [6.45, 7) is 0. The largest absolute Gasteiger partial charge is 0.497 e. The van der Waals surface area contributed by atoms with Crippen molar-refractivity contribution < 1.29 is 23.7 Å². The van der Waals surface area contributed by atoms with E-state index in [4.69, 9.17) is 58.5 Å². The number of hydrogen-bond donors (Lipinski definition) is 0. The first-order valence-electron chi connectivity index (χ1n) is 8.25. The molecule has 0 saturated carbocycles. The molecule has 0 amide bonds. The molecule has 0 N–H and O–H groups in total. The van der Waals surface area contributed by atoms with Gasteiger partial charge >= 0.3 is 0 Å². The number of benzene rings is 2. The highest BCUT2D eigenvalue weighted by molar-refractivity contribution is 6.68. The molecule has 2 aromatic carbocycles. The van der Waals surface area contributed by atoms with Crippen LogP contribution < -0.4 is 18.9 Å². The molecule has 0 aliphatic carbocycles. The van der Waals surface area contributed by atoms with Gasteiger partial charge in [0.15, 0.2) is 17.6 Å². The van der Waals surface area contributed by atoms with Crippen molar-refractivity contribution in [3.05, 3.63) is 47.0 Å². The van der Waals surface area contributed by atoms with E-state index < -0.39 is 9.90 Å². The van der Waals surface area contributed by atoms with Gasteiger partial charge in [-0.15, -0.1) is 0 Å². The Balaban J connectivity index is 2.19. The van der Waals surface area contributed by atoms with Gasteiger partial charge < -0.3 is 23.7 Å². The van der Waals surface area contributed by atoms with Crippen molar-refractivity contribution in [3.8, 4) is 23.0 Å². The molecule has 2 aromatic rings. The lowest BCUT2D eigenvalue weighted by molar-refractivity contribution is 0.169. The maximum atomic E-state index is 6.24. The molecule has 1 unspecified atom stereocenters. The van der Waals surface area contributed by atoms with Crippen LogP contribution in [0.4, 0.5) is 0 Å². The highest BCUT2D eigenvalue weighted by Gasteiger charge is 2.41. The van der Waals surface area contributed by atoms with Crippen molar-refractivity contribution in [3.63, 3.8) is 0 Å². The predicted octanol–water partition coefficient (Wildman–Crippen LogP) is 5.66. The number of alkyl halides is 3. The van der Waals surface area contributed by atoms with Crippen molar-refractivity contribution >= 4 is 46.6 Å². The van der Waals surface area contributed by atoms with Gasteiger partial charge in [0, 0.05) is 11.6 Å². The molecule has 5 nitrogen and oxygen atoms in total. The Hall–Kier alpha value is -1.95. The van der Waals surface area contributed by atoms with Gasteiger partial charge in [0.1, 0.15) is 17.3 Å². The summed E-state index contributed by atoms with van der Waals surface area (Å²) in [6, 6.07) is 8.95. The third-order valence-electron chi connectivity index (χ3n) is 4.37. The topological polar surface area (TPSA) is 46.2 Å². The van der Waals surface area contributed by atoms with Gasteiger partial charge in [-0.25, -0.2) is 0 Å². The maximum absolute atomic E-state index is 6.24. The molecule has 0 bridgehead atoms. The number of rotatable bonds is 5. The van der Waals surface area contributed by atoms with Crippen LogP contribution in [0.1, 0.15) is 22.8 Å². The zero-order chi connectivity index (χ0) is 20.5. The van der Waals surface area contributed by atoms with Gasteiger partial charge in [-0.3, -0.25) is 0 Å². The third kappa shape index (κ3) is 3.93. The van der Waals surface area contributed by atoms with Crippen molar-refractivity contribution in [2.45, 2.75) is 9.90 Å². The lowest BCUT2D eigenvalue weighted by atomic mass is 9.96. The number of halogens is 3. The molecule has 8 heteroatoms. The number of ether oxygens (including phenoxy) is 5. The minimum Gasteiger partial charge on any atom is -0.497 e. The summed E-state index contributed by atoms with van der Waals surface area (Å²) in [5, 5.41) is 0. The van der Waals surface area contributed by atoms with Crippen molar-refractivity contribution in [1.29, 1.82) is 0 Å². The second-order valence-corrected chi connectivity index (χ2v) is 8.32. The van der Waals surface area contributed by atoms with Crippen LogP contribution in [-0.2, 0) is 4.74 Å². The van der Waals surface area contributed by atoms with E-state index in [1.807, 2.05) is 18.2 Å². The zero-order valence-electron chi connectivity index (χ0n) is 15.7. The minimum absolute atomic E-state index is 0.496. The summed E-state index contributed by atoms with van der Waals surface area (Å²) in [4.78, 5) is 0. The van der Waals surface area contributed by atoms with Crippen LogP contribution in [-0.4, -0.2) is 32.2 Å². The van der Waals surface area contributed by atoms with E-state index in [1.54, 1.807) is 46.6 Å². The quantitative estimate of drug-likeness (QED) is 0.556. The lowest BCUT2D eigenvalue weighted by Crippen LogP contribution is -2.23. The van der Waals surface area contributed by atoms with Crippen LogP contribution in [0.15, 0.2) is 30.3 Å². The van der Waals surface area contributed by atoms with Gasteiger partial charge in [0.2, 0.25) is 3.79 Å². The SMILES string of the molecule is COc1ccc(C2=Cc3cc(OC)c(OC)cc3C(C(Cl)(Cl)Cl)O2)c(OC)c1. The molecule has 28 heavy (non-hydrogen) atoms. The van der Waals surface area contributed by atoms with Crippen LogP contribution >= 0.6 is 34.8 Å². The van der Waals surface area contributed by atoms with Crippen LogP contribution in [0.5, 0.6) is 23.0 Å². The fraction of sp³-hybridized carbons (Fsp3) is 0.300. The van der Waals surface area contributed by atoms with Gasteiger partial charge in [0.05, 0.1) is 34.0 Å². The molecule has 1 atom stereocenters. The summed E-state index contributed by atoms with van der Waals surface area (Å²) in [7, 11) is 6.25. The Labute approximate surface area is 178 Å². The smallest absolute Gasteiger partial charge is 0.231 e. The zero-order valence-corrected chi connectivity index (χ0v) is 18.0. The molecule has 0 saturated heterocycles.